The highest BCUT2D eigenvalue weighted by Gasteiger charge is 2.33. The van der Waals surface area contributed by atoms with Crippen molar-refractivity contribution in [2.45, 2.75) is 31.7 Å². The zero-order valence-corrected chi connectivity index (χ0v) is 16.8. The van der Waals surface area contributed by atoms with Crippen LogP contribution >= 0.6 is 11.6 Å². The first-order valence-electron chi connectivity index (χ1n) is 9.77. The molecule has 2 saturated heterocycles. The maximum Gasteiger partial charge on any atom is 0.298 e. The van der Waals surface area contributed by atoms with Gasteiger partial charge in [-0.25, -0.2) is 0 Å². The zero-order valence-electron chi connectivity index (χ0n) is 16.0. The summed E-state index contributed by atoms with van der Waals surface area (Å²) < 4.78 is 5.90. The van der Waals surface area contributed by atoms with Gasteiger partial charge in [-0.1, -0.05) is 11.6 Å². The second-order valence-electron chi connectivity index (χ2n) is 7.88. The third-order valence-electron chi connectivity index (χ3n) is 5.96. The predicted octanol–water partition coefficient (Wildman–Crippen LogP) is 3.25. The first kappa shape index (κ1) is 18.6. The van der Waals surface area contributed by atoms with Crippen LogP contribution < -0.4 is 4.90 Å². The monoisotopic (exact) mass is 390 g/mol. The van der Waals surface area contributed by atoms with E-state index in [1.54, 1.807) is 6.07 Å². The molecule has 146 valence electrons. The Bertz CT molecular complexity index is 815. The van der Waals surface area contributed by atoms with Crippen LogP contribution in [-0.2, 0) is 4.79 Å². The SMILES string of the molecule is CN1CCC(N(C)C(=O)C2CCCN(c3nc4cc(Cl)ccc4o3)C2)CC1. The largest absolute Gasteiger partial charge is 0.423 e. The average Bonchev–Trinajstić information content (AvgIpc) is 3.11. The van der Waals surface area contributed by atoms with E-state index in [-0.39, 0.29) is 11.8 Å². The van der Waals surface area contributed by atoms with Crippen LogP contribution in [0.15, 0.2) is 22.6 Å². The topological polar surface area (TPSA) is 52.8 Å². The van der Waals surface area contributed by atoms with E-state index < -0.39 is 0 Å². The summed E-state index contributed by atoms with van der Waals surface area (Å²) >= 11 is 6.05. The number of benzene rings is 1. The van der Waals surface area contributed by atoms with Crippen LogP contribution in [0.2, 0.25) is 5.02 Å². The number of halogens is 1. The summed E-state index contributed by atoms with van der Waals surface area (Å²) in [5.41, 5.74) is 1.49. The fourth-order valence-electron chi connectivity index (χ4n) is 4.23. The molecular weight excluding hydrogens is 364 g/mol. The molecule has 27 heavy (non-hydrogen) atoms. The number of anilines is 1. The molecule has 6 nitrogen and oxygen atoms in total. The Morgan fingerprint density at radius 3 is 2.81 bits per heavy atom. The first-order valence-corrected chi connectivity index (χ1v) is 10.2. The Morgan fingerprint density at radius 1 is 1.26 bits per heavy atom. The minimum Gasteiger partial charge on any atom is -0.423 e. The van der Waals surface area contributed by atoms with E-state index in [1.807, 2.05) is 24.1 Å². The van der Waals surface area contributed by atoms with Gasteiger partial charge >= 0.3 is 0 Å². The van der Waals surface area contributed by atoms with Gasteiger partial charge in [0.25, 0.3) is 6.01 Å². The molecule has 1 amide bonds. The maximum atomic E-state index is 13.1. The number of hydrogen-bond acceptors (Lipinski definition) is 5. The molecule has 2 aliphatic rings. The molecular formula is C20H27ClN4O2. The van der Waals surface area contributed by atoms with Crippen molar-refractivity contribution in [2.75, 3.05) is 45.2 Å². The lowest BCUT2D eigenvalue weighted by Crippen LogP contribution is -2.49. The van der Waals surface area contributed by atoms with Crippen molar-refractivity contribution in [1.82, 2.24) is 14.8 Å². The van der Waals surface area contributed by atoms with E-state index in [0.717, 1.165) is 56.4 Å². The van der Waals surface area contributed by atoms with E-state index in [0.29, 0.717) is 23.6 Å². The van der Waals surface area contributed by atoms with Crippen LogP contribution in [0.4, 0.5) is 6.01 Å². The number of aromatic nitrogens is 1. The van der Waals surface area contributed by atoms with E-state index >= 15 is 0 Å². The van der Waals surface area contributed by atoms with Gasteiger partial charge in [0.05, 0.1) is 5.92 Å². The summed E-state index contributed by atoms with van der Waals surface area (Å²) in [5.74, 6) is 0.260. The lowest BCUT2D eigenvalue weighted by Gasteiger charge is -2.38. The second kappa shape index (κ2) is 7.68. The third-order valence-corrected chi connectivity index (χ3v) is 6.20. The normalized spacial score (nSPS) is 22.3. The molecule has 0 N–H and O–H groups in total. The molecule has 0 saturated carbocycles. The summed E-state index contributed by atoms with van der Waals surface area (Å²) in [6.07, 6.45) is 4.01. The van der Waals surface area contributed by atoms with Crippen LogP contribution in [0.1, 0.15) is 25.7 Å². The van der Waals surface area contributed by atoms with Crippen LogP contribution in [0.3, 0.4) is 0 Å². The van der Waals surface area contributed by atoms with Gasteiger partial charge in [-0.2, -0.15) is 4.98 Å². The molecule has 1 aromatic heterocycles. The summed E-state index contributed by atoms with van der Waals surface area (Å²) in [7, 11) is 4.11. The van der Waals surface area contributed by atoms with E-state index in [2.05, 4.69) is 21.8 Å². The smallest absolute Gasteiger partial charge is 0.298 e. The molecule has 0 radical (unpaired) electrons. The summed E-state index contributed by atoms with van der Waals surface area (Å²) in [4.78, 5) is 24.1. The number of hydrogen-bond donors (Lipinski definition) is 0. The van der Waals surface area contributed by atoms with E-state index in [4.69, 9.17) is 16.0 Å². The van der Waals surface area contributed by atoms with Crippen LogP contribution in [0, 0.1) is 5.92 Å². The number of piperidine rings is 2. The third kappa shape index (κ3) is 3.92. The molecule has 3 heterocycles. The summed E-state index contributed by atoms with van der Waals surface area (Å²) in [6, 6.07) is 6.40. The molecule has 4 rings (SSSR count). The fraction of sp³-hybridized carbons (Fsp3) is 0.600. The van der Waals surface area contributed by atoms with Crippen molar-refractivity contribution in [2.24, 2.45) is 5.92 Å². The van der Waals surface area contributed by atoms with Crippen LogP contribution in [0.25, 0.3) is 11.1 Å². The van der Waals surface area contributed by atoms with Crippen LogP contribution in [0.5, 0.6) is 0 Å². The molecule has 0 spiro atoms. The van der Waals surface area contributed by atoms with Crippen molar-refractivity contribution < 1.29 is 9.21 Å². The van der Waals surface area contributed by atoms with Crippen LogP contribution in [-0.4, -0.2) is 67.0 Å². The zero-order chi connectivity index (χ0) is 19.0. The highest BCUT2D eigenvalue weighted by molar-refractivity contribution is 6.31. The van der Waals surface area contributed by atoms with Gasteiger partial charge in [-0.05, 0) is 64.0 Å². The Hall–Kier alpha value is -1.79. The lowest BCUT2D eigenvalue weighted by atomic mass is 9.95. The Kier molecular flexibility index (Phi) is 5.28. The highest BCUT2D eigenvalue weighted by Crippen LogP contribution is 2.29. The number of oxazole rings is 1. The number of fused-ring (bicyclic) bond motifs is 1. The molecule has 0 bridgehead atoms. The Morgan fingerprint density at radius 2 is 2.04 bits per heavy atom. The summed E-state index contributed by atoms with van der Waals surface area (Å²) in [6.45, 7) is 3.65. The molecule has 2 aliphatic heterocycles. The second-order valence-corrected chi connectivity index (χ2v) is 8.31. The first-order chi connectivity index (χ1) is 13.0. The minimum atomic E-state index is 0.00186. The van der Waals surface area contributed by atoms with E-state index in [1.165, 1.54) is 0 Å². The average molecular weight is 391 g/mol. The van der Waals surface area contributed by atoms with Gasteiger partial charge in [-0.3, -0.25) is 4.79 Å². The molecule has 2 fully saturated rings. The maximum absolute atomic E-state index is 13.1. The lowest BCUT2D eigenvalue weighted by molar-refractivity contribution is -0.137. The Labute approximate surface area is 165 Å². The van der Waals surface area contributed by atoms with Crippen molar-refractivity contribution in [3.8, 4) is 0 Å². The number of rotatable bonds is 3. The number of carbonyl (C=O) groups excluding carboxylic acids is 1. The van der Waals surface area contributed by atoms with Gasteiger partial charge in [0.2, 0.25) is 5.91 Å². The molecule has 2 aromatic rings. The van der Waals surface area contributed by atoms with E-state index in [9.17, 15) is 4.79 Å². The summed E-state index contributed by atoms with van der Waals surface area (Å²) in [5, 5.41) is 0.647. The molecule has 0 aliphatic carbocycles. The van der Waals surface area contributed by atoms with Gasteiger partial charge in [-0.15, -0.1) is 0 Å². The van der Waals surface area contributed by atoms with Crippen molar-refractivity contribution >= 4 is 34.6 Å². The van der Waals surface area contributed by atoms with Crippen molar-refractivity contribution in [3.05, 3.63) is 23.2 Å². The standard InChI is InChI=1S/C20H27ClN4O2/c1-23-10-7-16(8-11-23)24(2)19(26)14-4-3-9-25(13-14)20-22-17-12-15(21)5-6-18(17)27-20/h5-6,12,14,16H,3-4,7-11,13H2,1-2H3. The van der Waals surface area contributed by atoms with Gasteiger partial charge < -0.3 is 19.1 Å². The van der Waals surface area contributed by atoms with Gasteiger partial charge in [0.1, 0.15) is 5.52 Å². The molecule has 1 atom stereocenters. The minimum absolute atomic E-state index is 0.00186. The van der Waals surface area contributed by atoms with Gasteiger partial charge in [0.15, 0.2) is 5.58 Å². The molecule has 7 heteroatoms. The molecule has 1 unspecified atom stereocenters. The quantitative estimate of drug-likeness (QED) is 0.805. The number of nitrogens with zero attached hydrogens (tertiary/aromatic N) is 4. The fourth-order valence-corrected chi connectivity index (χ4v) is 4.39. The van der Waals surface area contributed by atoms with Crippen molar-refractivity contribution in [3.63, 3.8) is 0 Å². The number of amides is 1. The predicted molar refractivity (Wildman–Crippen MR) is 107 cm³/mol. The van der Waals surface area contributed by atoms with Gasteiger partial charge in [0, 0.05) is 31.2 Å². The Balaban J connectivity index is 1.44. The number of likely N-dealkylation sites (tertiary alicyclic amines) is 1. The molecule has 1 aromatic carbocycles. The van der Waals surface area contributed by atoms with Crippen molar-refractivity contribution in [1.29, 1.82) is 0 Å². The highest BCUT2D eigenvalue weighted by atomic mass is 35.5. The number of carbonyl (C=O) groups is 1.